The molecule has 1 aliphatic rings. The topological polar surface area (TPSA) is 210 Å². The van der Waals surface area contributed by atoms with Crippen LogP contribution in [-0.2, 0) is 14.9 Å². The summed E-state index contributed by atoms with van der Waals surface area (Å²) >= 11 is 1.34. The summed E-state index contributed by atoms with van der Waals surface area (Å²) < 4.78 is 7.26. The predicted octanol–water partition coefficient (Wildman–Crippen LogP) is 2.24. The Bertz CT molecular complexity index is 1910. The lowest BCUT2D eigenvalue weighted by Crippen LogP contribution is -2.49. The van der Waals surface area contributed by atoms with Gasteiger partial charge in [-0.25, -0.2) is 19.6 Å². The van der Waals surface area contributed by atoms with E-state index in [0.717, 1.165) is 5.69 Å². The molecule has 0 bridgehead atoms. The van der Waals surface area contributed by atoms with Gasteiger partial charge >= 0.3 is 12.1 Å². The number of alkyl carbamates (subject to hydrolysis) is 1. The molecule has 1 unspecified atom stereocenters. The molecule has 17 nitrogen and oxygen atoms in total. The van der Waals surface area contributed by atoms with E-state index in [0.29, 0.717) is 42.4 Å². The van der Waals surface area contributed by atoms with E-state index in [-0.39, 0.29) is 52.1 Å². The van der Waals surface area contributed by atoms with Crippen LogP contribution in [0.25, 0.3) is 17.8 Å². The highest BCUT2D eigenvalue weighted by Crippen LogP contribution is 2.27. The second kappa shape index (κ2) is 14.5. The van der Waals surface area contributed by atoms with Gasteiger partial charge in [-0.05, 0) is 42.3 Å². The van der Waals surface area contributed by atoms with Crippen molar-refractivity contribution in [2.45, 2.75) is 45.1 Å². The van der Waals surface area contributed by atoms with Crippen molar-refractivity contribution in [3.63, 3.8) is 0 Å². The summed E-state index contributed by atoms with van der Waals surface area (Å²) in [5, 5.41) is 30.8. The number of nitrogens with one attached hydrogen (secondary N) is 3. The normalized spacial score (nSPS) is 15.4. The van der Waals surface area contributed by atoms with Crippen molar-refractivity contribution < 1.29 is 28.7 Å². The van der Waals surface area contributed by atoms with Crippen molar-refractivity contribution in [1.82, 2.24) is 40.3 Å². The van der Waals surface area contributed by atoms with E-state index in [9.17, 15) is 19.2 Å². The van der Waals surface area contributed by atoms with Crippen LogP contribution in [0.4, 0.5) is 15.7 Å². The first-order chi connectivity index (χ1) is 23.2. The number of aromatic nitrogens is 7. The van der Waals surface area contributed by atoms with E-state index in [1.54, 1.807) is 32.3 Å². The predicted molar refractivity (Wildman–Crippen MR) is 183 cm³/mol. The number of thiazole rings is 1. The van der Waals surface area contributed by atoms with Gasteiger partial charge in [-0.2, -0.15) is 5.21 Å². The molecular weight excluding hydrogens is 654 g/mol. The summed E-state index contributed by atoms with van der Waals surface area (Å²) in [5.41, 5.74) is 1.11. The van der Waals surface area contributed by atoms with Gasteiger partial charge in [0, 0.05) is 29.1 Å². The highest BCUT2D eigenvalue weighted by molar-refractivity contribution is 7.14. The minimum atomic E-state index is -0.923. The maximum absolute atomic E-state index is 13.9. The SMILES string of the molecule is CC(C)(C)c1csc(NC(=O)c2ccn3c(=O)c(C=Cc4nn[nH]n4)c(N4CCCC(OC(=O)NCC[N+](C)(C)CC(=O)O)C4)nc3c2)n1. The number of H-pyrrole nitrogens is 1. The smallest absolute Gasteiger partial charge is 0.407 e. The number of likely N-dealkylation sites (N-methyl/N-ethyl adjacent to an activating group) is 1. The van der Waals surface area contributed by atoms with Crippen LogP contribution < -0.4 is 21.1 Å². The number of aromatic amines is 1. The zero-order valence-corrected chi connectivity index (χ0v) is 28.8. The number of piperidine rings is 1. The van der Waals surface area contributed by atoms with Crippen LogP contribution in [0.1, 0.15) is 61.1 Å². The number of quaternary nitrogens is 1. The van der Waals surface area contributed by atoms with Crippen molar-refractivity contribution in [1.29, 1.82) is 0 Å². The second-order valence-electron chi connectivity index (χ2n) is 13.4. The Morgan fingerprint density at radius 2 is 2.02 bits per heavy atom. The summed E-state index contributed by atoms with van der Waals surface area (Å²) in [5.74, 6) is -0.704. The molecule has 1 fully saturated rings. The largest absolute Gasteiger partial charge is 0.477 e. The molecule has 1 aliphatic heterocycles. The zero-order chi connectivity index (χ0) is 35.3. The number of carbonyl (C=O) groups is 3. The molecule has 5 heterocycles. The van der Waals surface area contributed by atoms with E-state index in [4.69, 9.17) is 14.8 Å². The summed E-state index contributed by atoms with van der Waals surface area (Å²) in [6, 6.07) is 3.09. The number of anilines is 2. The second-order valence-corrected chi connectivity index (χ2v) is 14.3. The number of ether oxygens (including phenoxy) is 1. The first-order valence-corrected chi connectivity index (χ1v) is 16.5. The van der Waals surface area contributed by atoms with Gasteiger partial charge in [-0.1, -0.05) is 20.8 Å². The highest BCUT2D eigenvalue weighted by atomic mass is 32.1. The van der Waals surface area contributed by atoms with Crippen LogP contribution in [0.15, 0.2) is 28.5 Å². The molecule has 0 spiro atoms. The third-order valence-corrected chi connectivity index (χ3v) is 8.62. The molecule has 1 atom stereocenters. The summed E-state index contributed by atoms with van der Waals surface area (Å²) in [4.78, 5) is 62.1. The molecule has 1 saturated heterocycles. The minimum Gasteiger partial charge on any atom is -0.477 e. The summed E-state index contributed by atoms with van der Waals surface area (Å²) in [6.07, 6.45) is 4.74. The molecule has 0 radical (unpaired) electrons. The lowest BCUT2D eigenvalue weighted by Gasteiger charge is -2.34. The molecule has 4 N–H and O–H groups in total. The Morgan fingerprint density at radius 1 is 1.22 bits per heavy atom. The number of rotatable bonds is 11. The maximum Gasteiger partial charge on any atom is 0.407 e. The lowest BCUT2D eigenvalue weighted by atomic mass is 9.93. The Morgan fingerprint density at radius 3 is 2.71 bits per heavy atom. The van der Waals surface area contributed by atoms with Crippen molar-refractivity contribution in [3.8, 4) is 0 Å². The molecule has 0 aromatic carbocycles. The number of amides is 2. The van der Waals surface area contributed by atoms with Gasteiger partial charge in [-0.3, -0.25) is 19.3 Å². The number of pyridine rings is 1. The number of carboxylic acid groups (broad SMARTS) is 1. The standard InChI is InChI=1S/C31H39N11O6S/c1-31(2,3)22-18-49-29(33-22)35-27(45)19-10-13-41-24(15-19)34-26(21(28(41)46)8-9-23-36-38-39-37-23)40-12-6-7-20(16-40)48-30(47)32-11-14-42(4,5)17-25(43)44/h8-10,13,15,18,20H,6-7,11-12,14,16-17H2,1-5H3,(H3-,32,33,35,36,37,38,39,43,44,45,47)/p+1. The Labute approximate surface area is 285 Å². The molecule has 2 amide bonds. The van der Waals surface area contributed by atoms with Gasteiger partial charge in [-0.15, -0.1) is 21.5 Å². The molecule has 5 rings (SSSR count). The van der Waals surface area contributed by atoms with Crippen LogP contribution in [0.3, 0.4) is 0 Å². The molecule has 0 aliphatic carbocycles. The van der Waals surface area contributed by atoms with Gasteiger partial charge < -0.3 is 24.5 Å². The minimum absolute atomic E-state index is 0.0765. The van der Waals surface area contributed by atoms with Gasteiger partial charge in [0.05, 0.1) is 45.0 Å². The average Bonchev–Trinajstić information content (AvgIpc) is 3.72. The van der Waals surface area contributed by atoms with Gasteiger partial charge in [0.25, 0.3) is 11.5 Å². The number of carboxylic acids is 1. The van der Waals surface area contributed by atoms with Crippen LogP contribution in [0, 0.1) is 0 Å². The third-order valence-electron chi connectivity index (χ3n) is 7.86. The molecule has 260 valence electrons. The maximum atomic E-state index is 13.9. The number of nitrogens with zero attached hydrogens (tertiary/aromatic N) is 8. The fourth-order valence-electron chi connectivity index (χ4n) is 5.24. The molecule has 0 saturated carbocycles. The number of tetrazole rings is 1. The van der Waals surface area contributed by atoms with Crippen molar-refractivity contribution in [2.75, 3.05) is 57.0 Å². The Balaban J connectivity index is 1.38. The molecule has 4 aromatic heterocycles. The zero-order valence-electron chi connectivity index (χ0n) is 28.0. The number of fused-ring (bicyclic) bond motifs is 1. The third kappa shape index (κ3) is 9.02. The van der Waals surface area contributed by atoms with Crippen LogP contribution in [0.5, 0.6) is 0 Å². The van der Waals surface area contributed by atoms with Crippen LogP contribution in [0.2, 0.25) is 0 Å². The van der Waals surface area contributed by atoms with Crippen molar-refractivity contribution in [2.24, 2.45) is 0 Å². The molecule has 4 aromatic rings. The summed E-state index contributed by atoms with van der Waals surface area (Å²) in [6.45, 7) is 7.50. The Hall–Kier alpha value is -5.23. The van der Waals surface area contributed by atoms with E-state index in [2.05, 4.69) is 36.2 Å². The monoisotopic (exact) mass is 694 g/mol. The summed E-state index contributed by atoms with van der Waals surface area (Å²) in [7, 11) is 3.53. The fraction of sp³-hybridized carbons (Fsp3) is 0.452. The van der Waals surface area contributed by atoms with E-state index >= 15 is 0 Å². The van der Waals surface area contributed by atoms with E-state index in [1.807, 2.05) is 31.1 Å². The average molecular weight is 695 g/mol. The highest BCUT2D eigenvalue weighted by Gasteiger charge is 2.28. The number of hydrogen-bond donors (Lipinski definition) is 4. The van der Waals surface area contributed by atoms with Crippen molar-refractivity contribution >= 4 is 58.1 Å². The molecular formula is C31H40N11O6S+. The van der Waals surface area contributed by atoms with Gasteiger partial charge in [0.15, 0.2) is 17.5 Å². The number of hydrogen-bond acceptors (Lipinski definition) is 12. The molecule has 18 heteroatoms. The number of carbonyl (C=O) groups excluding carboxylic acids is 2. The molecule has 49 heavy (non-hydrogen) atoms. The van der Waals surface area contributed by atoms with Crippen LogP contribution in [-0.4, -0.2) is 115 Å². The fourth-order valence-corrected chi connectivity index (χ4v) is 6.17. The van der Waals surface area contributed by atoms with Gasteiger partial charge in [0.2, 0.25) is 0 Å². The van der Waals surface area contributed by atoms with Crippen molar-refractivity contribution in [3.05, 3.63) is 56.7 Å². The Kier molecular flexibility index (Phi) is 10.4. The van der Waals surface area contributed by atoms with Crippen LogP contribution >= 0.6 is 11.3 Å². The number of aliphatic carboxylic acids is 1. The van der Waals surface area contributed by atoms with E-state index < -0.39 is 24.1 Å². The quantitative estimate of drug-likeness (QED) is 0.167. The first-order valence-electron chi connectivity index (χ1n) is 15.7. The van der Waals surface area contributed by atoms with E-state index in [1.165, 1.54) is 28.0 Å². The lowest BCUT2D eigenvalue weighted by molar-refractivity contribution is -0.881. The first kappa shape index (κ1) is 35.1. The van der Waals surface area contributed by atoms with Gasteiger partial charge in [0.1, 0.15) is 17.6 Å².